The third kappa shape index (κ3) is 4.96. The van der Waals surface area contributed by atoms with Gasteiger partial charge in [-0.05, 0) is 74.1 Å². The van der Waals surface area contributed by atoms with E-state index in [1.807, 2.05) is 13.0 Å². The molecule has 9 nitrogen and oxygen atoms in total. The number of rotatable bonds is 5. The molecule has 3 heterocycles. The van der Waals surface area contributed by atoms with Crippen molar-refractivity contribution in [2.75, 3.05) is 11.4 Å². The second kappa shape index (κ2) is 11.2. The van der Waals surface area contributed by atoms with Gasteiger partial charge < -0.3 is 0 Å². The number of amides is 3. The molecule has 2 fully saturated rings. The largest absolute Gasteiger partial charge is 0.271 e. The molecule has 3 aliphatic heterocycles. The molecule has 222 valence electrons. The Morgan fingerprint density at radius 2 is 1.68 bits per heavy atom. The van der Waals surface area contributed by atoms with Crippen LogP contribution in [0.2, 0.25) is 0 Å². The molecule has 4 aliphatic rings. The first-order valence-corrected chi connectivity index (χ1v) is 15.6. The zero-order valence-electron chi connectivity index (χ0n) is 24.4. The zero-order chi connectivity index (χ0) is 30.5. The van der Waals surface area contributed by atoms with E-state index < -0.39 is 23.9 Å². The van der Waals surface area contributed by atoms with Crippen LogP contribution in [0, 0.1) is 19.8 Å². The van der Waals surface area contributed by atoms with Crippen LogP contribution in [0.15, 0.2) is 98.3 Å². The number of aryl methyl sites for hydroxylation is 2. The summed E-state index contributed by atoms with van der Waals surface area (Å²) in [7, 11) is 0. The van der Waals surface area contributed by atoms with E-state index in [1.165, 1.54) is 10.6 Å². The number of carbonyl (C=O) groups excluding carboxylic acids is 3. The van der Waals surface area contributed by atoms with Crippen molar-refractivity contribution >= 4 is 51.1 Å². The Bertz CT molecular complexity index is 1750. The first kappa shape index (κ1) is 28.3. The third-order valence-electron chi connectivity index (χ3n) is 8.82. The summed E-state index contributed by atoms with van der Waals surface area (Å²) in [5.41, 5.74) is 6.98. The lowest BCUT2D eigenvalue weighted by Gasteiger charge is -2.30. The summed E-state index contributed by atoms with van der Waals surface area (Å²) >= 11 is 3.40. The smallest absolute Gasteiger partial charge is 0.264 e. The molecule has 1 aliphatic carbocycles. The fourth-order valence-electron chi connectivity index (χ4n) is 6.60. The van der Waals surface area contributed by atoms with E-state index in [1.54, 1.807) is 23.2 Å². The summed E-state index contributed by atoms with van der Waals surface area (Å²) in [4.78, 5) is 42.0. The van der Waals surface area contributed by atoms with Crippen molar-refractivity contribution < 1.29 is 14.4 Å². The summed E-state index contributed by atoms with van der Waals surface area (Å²) in [6.07, 6.45) is 4.98. The monoisotopic (exact) mass is 650 g/mol. The van der Waals surface area contributed by atoms with Gasteiger partial charge in [0.2, 0.25) is 0 Å². The molecule has 44 heavy (non-hydrogen) atoms. The van der Waals surface area contributed by atoms with Gasteiger partial charge >= 0.3 is 0 Å². The van der Waals surface area contributed by atoms with Gasteiger partial charge in [-0.2, -0.15) is 10.2 Å². The minimum Gasteiger partial charge on any atom is -0.271 e. The number of halogens is 1. The molecule has 0 aromatic heterocycles. The van der Waals surface area contributed by atoms with E-state index in [-0.39, 0.29) is 24.4 Å². The quantitative estimate of drug-likeness (QED) is 0.308. The highest BCUT2D eigenvalue weighted by Gasteiger charge is 2.55. The van der Waals surface area contributed by atoms with Crippen molar-refractivity contribution in [1.29, 1.82) is 0 Å². The SMILES string of the molecule is Cc1ccc(/C=C2/CCC[C@@H]3C2=NN(C(=O)CN2N=N[C@@H]4C(=O)N(c5cccc(Br)c5)C(=O)[C@@H]42)[C@H]3c2ccc(C)cc2)cc1. The highest BCUT2D eigenvalue weighted by atomic mass is 79.9. The molecule has 1 saturated heterocycles. The van der Waals surface area contributed by atoms with Crippen molar-refractivity contribution in [2.45, 2.75) is 51.2 Å². The first-order chi connectivity index (χ1) is 21.3. The fraction of sp³-hybridized carbons (Fsp3) is 0.294. The van der Waals surface area contributed by atoms with Crippen LogP contribution in [0.25, 0.3) is 6.08 Å². The molecule has 0 spiro atoms. The second-order valence-electron chi connectivity index (χ2n) is 11.8. The van der Waals surface area contributed by atoms with Gasteiger partial charge in [0.1, 0.15) is 6.54 Å². The van der Waals surface area contributed by atoms with Crippen LogP contribution >= 0.6 is 15.9 Å². The van der Waals surface area contributed by atoms with Crippen molar-refractivity contribution in [3.8, 4) is 0 Å². The van der Waals surface area contributed by atoms with Crippen LogP contribution in [-0.2, 0) is 14.4 Å². The normalized spacial score (nSPS) is 25.1. The van der Waals surface area contributed by atoms with E-state index in [0.29, 0.717) is 5.69 Å². The van der Waals surface area contributed by atoms with Gasteiger partial charge in [0, 0.05) is 10.4 Å². The molecular formula is C34H31BrN6O3. The molecule has 10 heteroatoms. The lowest BCUT2D eigenvalue weighted by molar-refractivity contribution is -0.136. The first-order valence-electron chi connectivity index (χ1n) is 14.8. The van der Waals surface area contributed by atoms with Gasteiger partial charge in [-0.1, -0.05) is 86.9 Å². The number of anilines is 1. The number of imide groups is 1. The number of nitrogens with zero attached hydrogens (tertiary/aromatic N) is 6. The zero-order valence-corrected chi connectivity index (χ0v) is 26.0. The molecule has 7 rings (SSSR count). The Morgan fingerprint density at radius 3 is 2.41 bits per heavy atom. The van der Waals surface area contributed by atoms with Gasteiger partial charge in [-0.3, -0.25) is 19.4 Å². The highest BCUT2D eigenvalue weighted by Crippen LogP contribution is 2.45. The van der Waals surface area contributed by atoms with Crippen molar-refractivity contribution in [1.82, 2.24) is 10.0 Å². The van der Waals surface area contributed by atoms with Gasteiger partial charge in [0.25, 0.3) is 17.7 Å². The van der Waals surface area contributed by atoms with Crippen LogP contribution in [0.3, 0.4) is 0 Å². The van der Waals surface area contributed by atoms with Crippen LogP contribution in [0.1, 0.15) is 47.6 Å². The third-order valence-corrected chi connectivity index (χ3v) is 9.31. The van der Waals surface area contributed by atoms with Crippen LogP contribution < -0.4 is 4.90 Å². The lowest BCUT2D eigenvalue weighted by atomic mass is 9.77. The predicted molar refractivity (Wildman–Crippen MR) is 170 cm³/mol. The van der Waals surface area contributed by atoms with Crippen molar-refractivity contribution in [2.24, 2.45) is 21.4 Å². The Balaban J connectivity index is 1.19. The van der Waals surface area contributed by atoms with E-state index in [4.69, 9.17) is 5.10 Å². The van der Waals surface area contributed by atoms with E-state index in [0.717, 1.165) is 56.6 Å². The van der Waals surface area contributed by atoms with E-state index >= 15 is 0 Å². The number of carbonyl (C=O) groups is 3. The van der Waals surface area contributed by atoms with Crippen molar-refractivity contribution in [3.05, 3.63) is 105 Å². The Hall–Kier alpha value is -4.44. The second-order valence-corrected chi connectivity index (χ2v) is 12.8. The van der Waals surface area contributed by atoms with Gasteiger partial charge in [-0.25, -0.2) is 9.91 Å². The maximum atomic E-state index is 14.1. The predicted octanol–water partition coefficient (Wildman–Crippen LogP) is 6.18. The molecule has 0 bridgehead atoms. The Labute approximate surface area is 264 Å². The highest BCUT2D eigenvalue weighted by molar-refractivity contribution is 9.10. The van der Waals surface area contributed by atoms with Crippen LogP contribution in [-0.4, -0.2) is 52.1 Å². The average molecular weight is 652 g/mol. The summed E-state index contributed by atoms with van der Waals surface area (Å²) in [5, 5.41) is 16.2. The van der Waals surface area contributed by atoms with Gasteiger partial charge in [-0.15, -0.1) is 0 Å². The average Bonchev–Trinajstić information content (AvgIpc) is 3.68. The molecule has 1 saturated carbocycles. The Kier molecular flexibility index (Phi) is 7.24. The number of hydrogen-bond donors (Lipinski definition) is 0. The number of allylic oxidation sites excluding steroid dienone is 1. The van der Waals surface area contributed by atoms with Gasteiger partial charge in [0.05, 0.1) is 17.4 Å². The molecule has 3 aromatic rings. The standard InChI is InChI=1S/C34H31BrN6O3/c1-20-9-13-22(14-10-20)17-24-5-3-8-27-29(24)37-41(31(27)23-15-11-21(2)12-16-23)28(42)19-39-32-30(36-38-39)33(43)40(34(32)44)26-7-4-6-25(35)18-26/h4,6-7,9-18,27,30-32H,3,5,8,19H2,1-2H3/b24-17-/t27-,30+,31+,32-/m1/s1. The number of benzene rings is 3. The number of fused-ring (bicyclic) bond motifs is 2. The molecule has 3 aromatic carbocycles. The number of hydrazone groups is 1. The summed E-state index contributed by atoms with van der Waals surface area (Å²) in [5.74, 6) is -1.15. The van der Waals surface area contributed by atoms with Crippen LogP contribution in [0.5, 0.6) is 0 Å². The van der Waals surface area contributed by atoms with E-state index in [2.05, 4.69) is 87.8 Å². The summed E-state index contributed by atoms with van der Waals surface area (Å²) < 4.78 is 0.744. The lowest BCUT2D eigenvalue weighted by Crippen LogP contribution is -2.45. The molecule has 4 atom stereocenters. The summed E-state index contributed by atoms with van der Waals surface area (Å²) in [6.45, 7) is 3.89. The molecular weight excluding hydrogens is 620 g/mol. The number of hydrogen-bond acceptors (Lipinski definition) is 7. The topological polar surface area (TPSA) is 98.0 Å². The molecule has 3 amide bonds. The molecule has 0 radical (unpaired) electrons. The summed E-state index contributed by atoms with van der Waals surface area (Å²) in [6, 6.07) is 21.4. The van der Waals surface area contributed by atoms with Crippen molar-refractivity contribution in [3.63, 3.8) is 0 Å². The van der Waals surface area contributed by atoms with Crippen LogP contribution in [0.4, 0.5) is 5.69 Å². The Morgan fingerprint density at radius 1 is 0.955 bits per heavy atom. The molecule has 0 unspecified atom stereocenters. The maximum Gasteiger partial charge on any atom is 0.264 e. The fourth-order valence-corrected chi connectivity index (χ4v) is 6.99. The molecule has 0 N–H and O–H groups in total. The van der Waals surface area contributed by atoms with Gasteiger partial charge in [0.15, 0.2) is 12.1 Å². The minimum atomic E-state index is -0.987. The maximum absolute atomic E-state index is 14.1. The minimum absolute atomic E-state index is 0.0433. The van der Waals surface area contributed by atoms with E-state index in [9.17, 15) is 14.4 Å².